The Morgan fingerprint density at radius 2 is 1.73 bits per heavy atom. The lowest BCUT2D eigenvalue weighted by atomic mass is 10.1. The van der Waals surface area contributed by atoms with Gasteiger partial charge in [-0.1, -0.05) is 18.2 Å². The Labute approximate surface area is 129 Å². The van der Waals surface area contributed by atoms with E-state index in [0.717, 1.165) is 11.3 Å². The van der Waals surface area contributed by atoms with Crippen molar-refractivity contribution in [2.24, 2.45) is 0 Å². The molecule has 0 radical (unpaired) electrons. The fourth-order valence-electron chi connectivity index (χ4n) is 2.27. The molecule has 0 fully saturated rings. The fraction of sp³-hybridized carbons (Fsp3) is 0.188. The first kappa shape index (κ1) is 15.0. The maximum absolute atomic E-state index is 11.9. The van der Waals surface area contributed by atoms with Crippen LogP contribution in [0.5, 0.6) is 11.5 Å². The minimum absolute atomic E-state index is 0.368. The molecule has 114 valence electrons. The van der Waals surface area contributed by atoms with E-state index in [2.05, 4.69) is 0 Å². The van der Waals surface area contributed by atoms with E-state index in [1.807, 2.05) is 30.3 Å². The van der Waals surface area contributed by atoms with Gasteiger partial charge in [-0.3, -0.25) is 0 Å². The third-order valence-corrected chi connectivity index (χ3v) is 4.74. The number of cyclic esters (lactones) is 1. The van der Waals surface area contributed by atoms with Crippen LogP contribution in [0, 0.1) is 0 Å². The summed E-state index contributed by atoms with van der Waals surface area (Å²) < 4.78 is 21.7. The van der Waals surface area contributed by atoms with Crippen LogP contribution >= 0.6 is 8.38 Å². The maximum atomic E-state index is 11.9. The van der Waals surface area contributed by atoms with Crippen molar-refractivity contribution in [2.75, 3.05) is 14.2 Å². The predicted octanol–water partition coefficient (Wildman–Crippen LogP) is 4.25. The second-order valence-electron chi connectivity index (χ2n) is 4.57. The van der Waals surface area contributed by atoms with Crippen LogP contribution in [-0.4, -0.2) is 20.2 Å². The minimum Gasteiger partial charge on any atom is -0.457 e. The first-order valence-electron chi connectivity index (χ1n) is 6.68. The van der Waals surface area contributed by atoms with E-state index in [1.165, 1.54) is 14.2 Å². The molecule has 2 aromatic rings. The first-order valence-corrected chi connectivity index (χ1v) is 7.93. The minimum atomic E-state index is -1.34. The standard InChI is InChI=1S/C16H15O5P/c1-18-22(19-2)16-14-10-12(8-9-13(14)15(17)21-16)20-11-6-4-3-5-7-11/h3-10,16H,1-2H3. The number of ether oxygens (including phenoxy) is 2. The molecule has 1 unspecified atom stereocenters. The van der Waals surface area contributed by atoms with Crippen molar-refractivity contribution in [1.29, 1.82) is 0 Å². The van der Waals surface area contributed by atoms with Crippen molar-refractivity contribution in [2.45, 2.75) is 5.85 Å². The van der Waals surface area contributed by atoms with Gasteiger partial charge in [0.2, 0.25) is 8.38 Å². The van der Waals surface area contributed by atoms with Crippen molar-refractivity contribution in [1.82, 2.24) is 0 Å². The van der Waals surface area contributed by atoms with Crippen molar-refractivity contribution in [3.8, 4) is 11.5 Å². The molecule has 5 nitrogen and oxygen atoms in total. The van der Waals surface area contributed by atoms with E-state index in [4.69, 9.17) is 18.5 Å². The monoisotopic (exact) mass is 318 g/mol. The summed E-state index contributed by atoms with van der Waals surface area (Å²) in [7, 11) is 1.73. The van der Waals surface area contributed by atoms with Gasteiger partial charge in [-0.15, -0.1) is 0 Å². The number of para-hydroxylation sites is 1. The van der Waals surface area contributed by atoms with Crippen LogP contribution < -0.4 is 4.74 Å². The Balaban J connectivity index is 1.91. The molecule has 2 aromatic carbocycles. The number of hydrogen-bond acceptors (Lipinski definition) is 5. The molecule has 0 saturated heterocycles. The summed E-state index contributed by atoms with van der Waals surface area (Å²) in [6.45, 7) is 0. The molecular formula is C16H15O5P. The summed E-state index contributed by atoms with van der Waals surface area (Å²) in [6.07, 6.45) is 0. The van der Waals surface area contributed by atoms with Gasteiger partial charge in [0.05, 0.1) is 5.56 Å². The van der Waals surface area contributed by atoms with Gasteiger partial charge in [0.1, 0.15) is 11.5 Å². The molecule has 1 aliphatic heterocycles. The SMILES string of the molecule is COP(OC)C1OC(=O)c2ccc(Oc3ccccc3)cc21. The largest absolute Gasteiger partial charge is 0.457 e. The zero-order valence-electron chi connectivity index (χ0n) is 12.2. The highest BCUT2D eigenvalue weighted by atomic mass is 31.2. The Hall–Kier alpha value is -1.94. The van der Waals surface area contributed by atoms with Crippen LogP contribution in [-0.2, 0) is 13.8 Å². The van der Waals surface area contributed by atoms with Crippen LogP contribution in [0.15, 0.2) is 48.5 Å². The molecule has 0 spiro atoms. The quantitative estimate of drug-likeness (QED) is 0.609. The molecule has 3 rings (SSSR count). The molecule has 22 heavy (non-hydrogen) atoms. The van der Waals surface area contributed by atoms with Gasteiger partial charge in [-0.05, 0) is 30.3 Å². The highest BCUT2D eigenvalue weighted by Crippen LogP contribution is 2.56. The number of rotatable bonds is 5. The first-order chi connectivity index (χ1) is 10.7. The van der Waals surface area contributed by atoms with E-state index in [1.54, 1.807) is 18.2 Å². The number of carbonyl (C=O) groups excluding carboxylic acids is 1. The zero-order chi connectivity index (χ0) is 15.5. The molecule has 6 heteroatoms. The highest BCUT2D eigenvalue weighted by molar-refractivity contribution is 7.47. The van der Waals surface area contributed by atoms with Gasteiger partial charge in [-0.2, -0.15) is 0 Å². The molecule has 0 aromatic heterocycles. The Morgan fingerprint density at radius 1 is 1.00 bits per heavy atom. The summed E-state index contributed by atoms with van der Waals surface area (Å²) in [6, 6.07) is 14.7. The lowest BCUT2D eigenvalue weighted by molar-refractivity contribution is 0.0482. The molecule has 1 atom stereocenters. The number of benzene rings is 2. The van der Waals surface area contributed by atoms with Gasteiger partial charge in [0, 0.05) is 19.8 Å². The molecular weight excluding hydrogens is 303 g/mol. The third-order valence-electron chi connectivity index (χ3n) is 3.26. The number of fused-ring (bicyclic) bond motifs is 1. The van der Waals surface area contributed by atoms with Gasteiger partial charge in [0.15, 0.2) is 5.85 Å². The smallest absolute Gasteiger partial charge is 0.339 e. The van der Waals surface area contributed by atoms with Crippen LogP contribution in [0.4, 0.5) is 0 Å². The topological polar surface area (TPSA) is 54.0 Å². The number of esters is 1. The Kier molecular flexibility index (Phi) is 4.39. The lowest BCUT2D eigenvalue weighted by Gasteiger charge is -2.19. The number of hydrogen-bond donors (Lipinski definition) is 0. The normalized spacial score (nSPS) is 16.5. The second kappa shape index (κ2) is 6.44. The lowest BCUT2D eigenvalue weighted by Crippen LogP contribution is -1.99. The fourth-order valence-corrected chi connectivity index (χ4v) is 3.42. The summed E-state index contributed by atoms with van der Waals surface area (Å²) in [5, 5.41) is 0. The molecule has 0 aliphatic carbocycles. The molecule has 0 bridgehead atoms. The predicted molar refractivity (Wildman–Crippen MR) is 82.1 cm³/mol. The van der Waals surface area contributed by atoms with Gasteiger partial charge < -0.3 is 18.5 Å². The van der Waals surface area contributed by atoms with Gasteiger partial charge in [0.25, 0.3) is 0 Å². The Bertz CT molecular complexity index is 669. The van der Waals surface area contributed by atoms with Crippen molar-refractivity contribution in [3.63, 3.8) is 0 Å². The van der Waals surface area contributed by atoms with Crippen LogP contribution in [0.25, 0.3) is 0 Å². The van der Waals surface area contributed by atoms with E-state index in [0.29, 0.717) is 11.3 Å². The molecule has 0 saturated carbocycles. The molecule has 0 amide bonds. The average Bonchev–Trinajstić information content (AvgIpc) is 2.86. The molecule has 0 N–H and O–H groups in total. The van der Waals surface area contributed by atoms with Gasteiger partial charge >= 0.3 is 5.97 Å². The van der Waals surface area contributed by atoms with Crippen molar-refractivity contribution in [3.05, 3.63) is 59.7 Å². The summed E-state index contributed by atoms with van der Waals surface area (Å²) in [5.74, 6) is 0.458. The summed E-state index contributed by atoms with van der Waals surface area (Å²) in [5.41, 5.74) is 1.25. The van der Waals surface area contributed by atoms with E-state index in [9.17, 15) is 4.79 Å². The van der Waals surface area contributed by atoms with Gasteiger partial charge in [-0.25, -0.2) is 4.79 Å². The van der Waals surface area contributed by atoms with Crippen molar-refractivity contribution >= 4 is 14.3 Å². The summed E-state index contributed by atoms with van der Waals surface area (Å²) in [4.78, 5) is 11.9. The zero-order valence-corrected chi connectivity index (χ0v) is 13.1. The molecule has 1 aliphatic rings. The Morgan fingerprint density at radius 3 is 2.41 bits per heavy atom. The molecule has 1 heterocycles. The van der Waals surface area contributed by atoms with E-state index in [-0.39, 0.29) is 5.97 Å². The summed E-state index contributed by atoms with van der Waals surface area (Å²) >= 11 is 0. The number of carbonyl (C=O) groups is 1. The van der Waals surface area contributed by atoms with Crippen LogP contribution in [0.2, 0.25) is 0 Å². The van der Waals surface area contributed by atoms with Crippen molar-refractivity contribution < 1.29 is 23.3 Å². The average molecular weight is 318 g/mol. The van der Waals surface area contributed by atoms with E-state index < -0.39 is 14.2 Å². The second-order valence-corrected chi connectivity index (χ2v) is 6.34. The highest BCUT2D eigenvalue weighted by Gasteiger charge is 2.38. The van der Waals surface area contributed by atoms with Crippen LogP contribution in [0.1, 0.15) is 21.8 Å². The third kappa shape index (κ3) is 2.83. The van der Waals surface area contributed by atoms with Crippen LogP contribution in [0.3, 0.4) is 0 Å². The van der Waals surface area contributed by atoms with E-state index >= 15 is 0 Å². The maximum Gasteiger partial charge on any atom is 0.339 e.